The van der Waals surface area contributed by atoms with Crippen molar-refractivity contribution in [3.8, 4) is 5.75 Å². The van der Waals surface area contributed by atoms with E-state index in [2.05, 4.69) is 22.8 Å². The van der Waals surface area contributed by atoms with Gasteiger partial charge in [0, 0.05) is 18.0 Å². The lowest BCUT2D eigenvalue weighted by molar-refractivity contribution is -0.121. The molecule has 1 aromatic heterocycles. The van der Waals surface area contributed by atoms with Gasteiger partial charge in [0.25, 0.3) is 11.8 Å². The van der Waals surface area contributed by atoms with E-state index in [0.29, 0.717) is 23.6 Å². The van der Waals surface area contributed by atoms with Gasteiger partial charge in [0.05, 0.1) is 18.7 Å². The van der Waals surface area contributed by atoms with Crippen LogP contribution < -0.4 is 20.5 Å². The second-order valence-corrected chi connectivity index (χ2v) is 7.06. The molecule has 1 aromatic carbocycles. The number of hydrogen-bond donors (Lipinski definition) is 2. The maximum atomic E-state index is 12.7. The summed E-state index contributed by atoms with van der Waals surface area (Å²) in [5.74, 6) is -0.447. The van der Waals surface area contributed by atoms with Crippen molar-refractivity contribution in [2.75, 3.05) is 11.5 Å². The molecule has 0 unspecified atom stereocenters. The molecule has 1 aliphatic rings. The summed E-state index contributed by atoms with van der Waals surface area (Å²) in [6.07, 6.45) is 7.47. The van der Waals surface area contributed by atoms with Crippen LogP contribution in [-0.2, 0) is 9.59 Å². The molecule has 3 rings (SSSR count). The Bertz CT molecular complexity index is 870. The van der Waals surface area contributed by atoms with Crippen molar-refractivity contribution >= 4 is 23.4 Å². The van der Waals surface area contributed by atoms with Gasteiger partial charge in [-0.15, -0.1) is 0 Å². The largest absolute Gasteiger partial charge is 0.494 e. The van der Waals surface area contributed by atoms with Gasteiger partial charge < -0.3 is 4.74 Å². The Balaban J connectivity index is 1.53. The number of carbonyl (C=O) groups excluding carboxylic acids is 3. The molecule has 2 N–H and O–H groups in total. The third-order valence-electron chi connectivity index (χ3n) is 4.81. The Morgan fingerprint density at radius 1 is 1.10 bits per heavy atom. The number of unbranched alkanes of at least 4 members (excludes halogenated alkanes) is 3. The first kappa shape index (κ1) is 21.4. The van der Waals surface area contributed by atoms with E-state index in [1.165, 1.54) is 25.2 Å². The van der Waals surface area contributed by atoms with Gasteiger partial charge in [0.2, 0.25) is 5.91 Å². The zero-order valence-corrected chi connectivity index (χ0v) is 17.0. The molecule has 30 heavy (non-hydrogen) atoms. The molecular weight excluding hydrogens is 384 g/mol. The van der Waals surface area contributed by atoms with Crippen LogP contribution in [0.4, 0.5) is 5.69 Å². The van der Waals surface area contributed by atoms with Crippen molar-refractivity contribution in [2.24, 2.45) is 0 Å². The number of nitrogens with one attached hydrogen (secondary N) is 2. The number of hydrogen-bond acceptors (Lipinski definition) is 6. The fourth-order valence-corrected chi connectivity index (χ4v) is 3.15. The van der Waals surface area contributed by atoms with Crippen LogP contribution in [0.2, 0.25) is 0 Å². The van der Waals surface area contributed by atoms with E-state index in [-0.39, 0.29) is 12.3 Å². The van der Waals surface area contributed by atoms with Crippen molar-refractivity contribution in [3.05, 3.63) is 54.4 Å². The second-order valence-electron chi connectivity index (χ2n) is 7.06. The van der Waals surface area contributed by atoms with Crippen molar-refractivity contribution in [3.63, 3.8) is 0 Å². The summed E-state index contributed by atoms with van der Waals surface area (Å²) in [6.45, 7) is 2.81. The predicted molar refractivity (Wildman–Crippen MR) is 112 cm³/mol. The normalized spacial score (nSPS) is 16.0. The fraction of sp³-hybridized carbons (Fsp3) is 0.364. The molecule has 1 aliphatic heterocycles. The van der Waals surface area contributed by atoms with Gasteiger partial charge >= 0.3 is 0 Å². The van der Waals surface area contributed by atoms with Gasteiger partial charge in [0.15, 0.2) is 0 Å². The van der Waals surface area contributed by atoms with Gasteiger partial charge in [0.1, 0.15) is 11.8 Å². The summed E-state index contributed by atoms with van der Waals surface area (Å²) in [7, 11) is 0. The first-order valence-electron chi connectivity index (χ1n) is 10.2. The summed E-state index contributed by atoms with van der Waals surface area (Å²) in [5, 5.41) is 0. The van der Waals surface area contributed by atoms with E-state index >= 15 is 0 Å². The predicted octanol–water partition coefficient (Wildman–Crippen LogP) is 2.61. The molecule has 1 saturated heterocycles. The van der Waals surface area contributed by atoms with Gasteiger partial charge in [-0.05, 0) is 42.8 Å². The average molecular weight is 410 g/mol. The van der Waals surface area contributed by atoms with Crippen LogP contribution in [0.3, 0.4) is 0 Å². The number of aromatic nitrogens is 1. The Morgan fingerprint density at radius 3 is 2.53 bits per heavy atom. The highest BCUT2D eigenvalue weighted by molar-refractivity contribution is 6.22. The van der Waals surface area contributed by atoms with Crippen LogP contribution >= 0.6 is 0 Å². The number of benzene rings is 1. The number of carbonyl (C=O) groups is 3. The van der Waals surface area contributed by atoms with E-state index in [1.54, 1.807) is 36.4 Å². The third kappa shape index (κ3) is 5.42. The number of amides is 3. The molecule has 0 saturated carbocycles. The molecule has 3 amide bonds. The molecular formula is C22H26N4O4. The maximum Gasteiger partial charge on any atom is 0.265 e. The summed E-state index contributed by atoms with van der Waals surface area (Å²) < 4.78 is 5.70. The third-order valence-corrected chi connectivity index (χ3v) is 4.81. The zero-order chi connectivity index (χ0) is 21.3. The first-order chi connectivity index (χ1) is 14.6. The highest BCUT2D eigenvalue weighted by Crippen LogP contribution is 2.25. The standard InChI is InChI=1S/C22H26N4O4/c1-2-3-4-5-14-30-18-8-6-17(7-9-18)26-20(27)15-19(22(26)29)24-25-21(28)16-10-12-23-13-11-16/h6-13,19,24H,2-5,14-15H2,1H3,(H,25,28)/t19-/m0/s1. The lowest BCUT2D eigenvalue weighted by Gasteiger charge is -2.16. The van der Waals surface area contributed by atoms with Crippen molar-refractivity contribution in [1.82, 2.24) is 15.8 Å². The van der Waals surface area contributed by atoms with E-state index in [1.807, 2.05) is 0 Å². The number of hydrazine groups is 1. The maximum absolute atomic E-state index is 12.7. The quantitative estimate of drug-likeness (QED) is 0.355. The lowest BCUT2D eigenvalue weighted by Crippen LogP contribution is -2.48. The average Bonchev–Trinajstić information content (AvgIpc) is 3.06. The van der Waals surface area contributed by atoms with E-state index in [9.17, 15) is 14.4 Å². The zero-order valence-electron chi connectivity index (χ0n) is 17.0. The summed E-state index contributed by atoms with van der Waals surface area (Å²) in [5.41, 5.74) is 6.01. The second kappa shape index (κ2) is 10.5. The van der Waals surface area contributed by atoms with E-state index in [4.69, 9.17) is 4.74 Å². The summed E-state index contributed by atoms with van der Waals surface area (Å²) >= 11 is 0. The fourth-order valence-electron chi connectivity index (χ4n) is 3.15. The Hall–Kier alpha value is -3.26. The number of nitrogens with zero attached hydrogens (tertiary/aromatic N) is 2. The van der Waals surface area contributed by atoms with Crippen molar-refractivity contribution in [1.29, 1.82) is 0 Å². The molecule has 1 fully saturated rings. The van der Waals surface area contributed by atoms with Crippen LogP contribution in [-0.4, -0.2) is 35.4 Å². The van der Waals surface area contributed by atoms with Crippen LogP contribution in [0.5, 0.6) is 5.75 Å². The minimum Gasteiger partial charge on any atom is -0.494 e. The highest BCUT2D eigenvalue weighted by Gasteiger charge is 2.39. The van der Waals surface area contributed by atoms with Gasteiger partial charge in [-0.1, -0.05) is 26.2 Å². The molecule has 0 spiro atoms. The number of imide groups is 1. The molecule has 8 heteroatoms. The molecule has 0 bridgehead atoms. The minimum absolute atomic E-state index is 0.0366. The van der Waals surface area contributed by atoms with Crippen molar-refractivity contribution in [2.45, 2.75) is 45.1 Å². The van der Waals surface area contributed by atoms with Gasteiger partial charge in [-0.2, -0.15) is 0 Å². The molecule has 158 valence electrons. The van der Waals surface area contributed by atoms with E-state index in [0.717, 1.165) is 17.7 Å². The van der Waals surface area contributed by atoms with Crippen LogP contribution in [0.1, 0.15) is 49.4 Å². The van der Waals surface area contributed by atoms with Gasteiger partial charge in [-0.3, -0.25) is 24.8 Å². The SMILES string of the molecule is CCCCCCOc1ccc(N2C(=O)C[C@H](NNC(=O)c3ccncc3)C2=O)cc1. The molecule has 8 nitrogen and oxygen atoms in total. The topological polar surface area (TPSA) is 101 Å². The smallest absolute Gasteiger partial charge is 0.265 e. The van der Waals surface area contributed by atoms with Crippen molar-refractivity contribution < 1.29 is 19.1 Å². The van der Waals surface area contributed by atoms with E-state index < -0.39 is 17.9 Å². The first-order valence-corrected chi connectivity index (χ1v) is 10.2. The number of pyridine rings is 1. The Labute approximate surface area is 175 Å². The number of anilines is 1. The molecule has 2 aromatic rings. The minimum atomic E-state index is -0.822. The summed E-state index contributed by atoms with van der Waals surface area (Å²) in [4.78, 5) is 42.1. The van der Waals surface area contributed by atoms with Gasteiger partial charge in [-0.25, -0.2) is 10.3 Å². The van der Waals surface area contributed by atoms with Crippen LogP contribution in [0.25, 0.3) is 0 Å². The number of ether oxygens (including phenoxy) is 1. The molecule has 2 heterocycles. The lowest BCUT2D eigenvalue weighted by atomic mass is 10.2. The Morgan fingerprint density at radius 2 is 1.83 bits per heavy atom. The summed E-state index contributed by atoms with van der Waals surface area (Å²) in [6, 6.07) is 9.17. The van der Waals surface area contributed by atoms with Crippen LogP contribution in [0, 0.1) is 0 Å². The molecule has 0 aliphatic carbocycles. The molecule has 0 radical (unpaired) electrons. The monoisotopic (exact) mass is 410 g/mol. The Kier molecular flexibility index (Phi) is 7.51. The molecule has 1 atom stereocenters. The highest BCUT2D eigenvalue weighted by atomic mass is 16.5. The van der Waals surface area contributed by atoms with Crippen LogP contribution in [0.15, 0.2) is 48.8 Å². The number of rotatable bonds is 10.